The number of carbonyl (C=O) groups excluding carboxylic acids is 2. The van der Waals surface area contributed by atoms with Gasteiger partial charge in [0.25, 0.3) is 0 Å². The molecule has 9 heteroatoms. The minimum atomic E-state index is -0.766. The Hall–Kier alpha value is -2.45. The zero-order valence-electron chi connectivity index (χ0n) is 11.4. The van der Waals surface area contributed by atoms with Gasteiger partial charge in [0.05, 0.1) is 24.5 Å². The number of rotatable bonds is 6. The number of ether oxygens (including phenoxy) is 1. The fraction of sp³-hybridized carbons (Fsp3) is 0.545. The van der Waals surface area contributed by atoms with Crippen molar-refractivity contribution < 1.29 is 19.2 Å². The molecular weight excluding hydrogens is 268 g/mol. The molecular formula is C11H16N4O5. The van der Waals surface area contributed by atoms with Crippen molar-refractivity contribution in [1.82, 2.24) is 15.1 Å². The van der Waals surface area contributed by atoms with Gasteiger partial charge in [0.15, 0.2) is 0 Å². The van der Waals surface area contributed by atoms with Crippen molar-refractivity contribution in [2.75, 3.05) is 7.11 Å². The molecule has 0 aliphatic heterocycles. The maximum absolute atomic E-state index is 11.8. The van der Waals surface area contributed by atoms with Gasteiger partial charge >= 0.3 is 11.8 Å². The minimum absolute atomic E-state index is 0.140. The summed E-state index contributed by atoms with van der Waals surface area (Å²) in [4.78, 5) is 33.1. The van der Waals surface area contributed by atoms with Gasteiger partial charge in [-0.05, 0) is 10.8 Å². The zero-order chi connectivity index (χ0) is 15.3. The third-order valence-corrected chi connectivity index (χ3v) is 2.56. The van der Waals surface area contributed by atoms with Crippen molar-refractivity contribution in [3.63, 3.8) is 0 Å². The monoisotopic (exact) mass is 284 g/mol. The van der Waals surface area contributed by atoms with Crippen LogP contribution in [0.5, 0.6) is 0 Å². The fourth-order valence-electron chi connectivity index (χ4n) is 1.53. The smallest absolute Gasteiger partial charge is 0.389 e. The van der Waals surface area contributed by atoms with Gasteiger partial charge in [-0.1, -0.05) is 13.8 Å². The molecule has 110 valence electrons. The van der Waals surface area contributed by atoms with E-state index < -0.39 is 22.8 Å². The second-order valence-corrected chi connectivity index (χ2v) is 4.44. The number of hydrogen-bond donors (Lipinski definition) is 1. The van der Waals surface area contributed by atoms with Crippen molar-refractivity contribution in [3.05, 3.63) is 22.4 Å². The van der Waals surface area contributed by atoms with E-state index in [1.165, 1.54) is 19.4 Å². The number of carbonyl (C=O) groups is 2. The average molecular weight is 284 g/mol. The van der Waals surface area contributed by atoms with Gasteiger partial charge in [0, 0.05) is 0 Å². The van der Waals surface area contributed by atoms with Crippen molar-refractivity contribution in [3.8, 4) is 0 Å². The van der Waals surface area contributed by atoms with Crippen molar-refractivity contribution in [1.29, 1.82) is 0 Å². The molecule has 1 N–H and O–H groups in total. The van der Waals surface area contributed by atoms with Crippen LogP contribution in [-0.2, 0) is 20.9 Å². The first-order valence-electron chi connectivity index (χ1n) is 5.90. The van der Waals surface area contributed by atoms with E-state index in [9.17, 15) is 19.7 Å². The number of methoxy groups -OCH3 is 1. The third-order valence-electron chi connectivity index (χ3n) is 2.56. The molecule has 20 heavy (non-hydrogen) atoms. The molecule has 1 amide bonds. The Morgan fingerprint density at radius 3 is 2.65 bits per heavy atom. The Morgan fingerprint density at radius 1 is 1.55 bits per heavy atom. The van der Waals surface area contributed by atoms with Gasteiger partial charge in [-0.2, -0.15) is 4.68 Å². The van der Waals surface area contributed by atoms with Gasteiger partial charge in [-0.15, -0.1) is 0 Å². The van der Waals surface area contributed by atoms with E-state index in [1.807, 2.05) is 0 Å². The van der Waals surface area contributed by atoms with Crippen LogP contribution in [0.2, 0.25) is 0 Å². The molecule has 0 spiro atoms. The lowest BCUT2D eigenvalue weighted by Gasteiger charge is -2.19. The number of aromatic nitrogens is 2. The molecule has 0 aliphatic rings. The lowest BCUT2D eigenvalue weighted by molar-refractivity contribution is -0.389. The molecule has 0 radical (unpaired) electrons. The summed E-state index contributed by atoms with van der Waals surface area (Å²) < 4.78 is 5.72. The van der Waals surface area contributed by atoms with Crippen molar-refractivity contribution in [2.24, 2.45) is 5.92 Å². The number of nitrogens with one attached hydrogen (secondary N) is 1. The molecule has 1 aromatic heterocycles. The highest BCUT2D eigenvalue weighted by molar-refractivity contribution is 5.84. The lowest BCUT2D eigenvalue weighted by atomic mass is 10.0. The largest absolute Gasteiger partial charge is 0.467 e. The van der Waals surface area contributed by atoms with Crippen LogP contribution in [0.1, 0.15) is 13.8 Å². The Labute approximate surface area is 115 Å². The van der Waals surface area contributed by atoms with E-state index in [4.69, 9.17) is 0 Å². The van der Waals surface area contributed by atoms with Crippen LogP contribution in [0.15, 0.2) is 12.3 Å². The molecule has 1 heterocycles. The highest BCUT2D eigenvalue weighted by atomic mass is 16.6. The molecule has 0 aromatic carbocycles. The molecule has 9 nitrogen and oxygen atoms in total. The summed E-state index contributed by atoms with van der Waals surface area (Å²) >= 11 is 0. The molecule has 0 fully saturated rings. The first kappa shape index (κ1) is 15.6. The molecule has 1 atom stereocenters. The highest BCUT2D eigenvalue weighted by Gasteiger charge is 2.25. The van der Waals surface area contributed by atoms with E-state index in [-0.39, 0.29) is 18.3 Å². The van der Waals surface area contributed by atoms with Crippen molar-refractivity contribution in [2.45, 2.75) is 26.4 Å². The second kappa shape index (κ2) is 6.64. The van der Waals surface area contributed by atoms with E-state index in [2.05, 4.69) is 15.2 Å². The maximum Gasteiger partial charge on any atom is 0.389 e. The summed E-state index contributed by atoms with van der Waals surface area (Å²) in [5, 5.41) is 16.6. The van der Waals surface area contributed by atoms with Crippen LogP contribution >= 0.6 is 0 Å². The standard InChI is InChI=1S/C11H16N4O5/c1-7(2)10(11(17)20-3)12-9(16)6-14-5-4-8(13-14)15(18)19/h4-5,7,10H,6H2,1-3H3,(H,12,16). The van der Waals surface area contributed by atoms with Crippen molar-refractivity contribution >= 4 is 17.7 Å². The summed E-state index contributed by atoms with van der Waals surface area (Å²) in [7, 11) is 1.24. The van der Waals surface area contributed by atoms with Crippen LogP contribution < -0.4 is 5.32 Å². The Bertz CT molecular complexity index is 511. The molecule has 0 saturated carbocycles. The topological polar surface area (TPSA) is 116 Å². The maximum atomic E-state index is 11.8. The van der Waals surface area contributed by atoms with E-state index in [1.54, 1.807) is 13.8 Å². The van der Waals surface area contributed by atoms with Gasteiger partial charge in [-0.3, -0.25) is 4.79 Å². The third kappa shape index (κ3) is 4.04. The van der Waals surface area contributed by atoms with E-state index >= 15 is 0 Å². The molecule has 1 aromatic rings. The fourth-order valence-corrected chi connectivity index (χ4v) is 1.53. The minimum Gasteiger partial charge on any atom is -0.467 e. The Kier molecular flexibility index (Phi) is 5.18. The van der Waals surface area contributed by atoms with Crippen LogP contribution in [0.25, 0.3) is 0 Å². The number of esters is 1. The summed E-state index contributed by atoms with van der Waals surface area (Å²) in [6.07, 6.45) is 1.32. The molecule has 0 aliphatic carbocycles. The molecule has 0 bridgehead atoms. The Balaban J connectivity index is 2.65. The van der Waals surface area contributed by atoms with E-state index in [0.717, 1.165) is 4.68 Å². The summed E-state index contributed by atoms with van der Waals surface area (Å²) in [5.74, 6) is -1.50. The average Bonchev–Trinajstić information content (AvgIpc) is 2.83. The summed E-state index contributed by atoms with van der Waals surface area (Å²) in [5.41, 5.74) is 0. The second-order valence-electron chi connectivity index (χ2n) is 4.44. The first-order valence-corrected chi connectivity index (χ1v) is 5.90. The SMILES string of the molecule is COC(=O)C(NC(=O)Cn1ccc([N+](=O)[O-])n1)C(C)C. The molecule has 1 rings (SSSR count). The number of hydrogen-bond acceptors (Lipinski definition) is 6. The number of nitrogens with zero attached hydrogens (tertiary/aromatic N) is 3. The van der Waals surface area contributed by atoms with E-state index in [0.29, 0.717) is 0 Å². The first-order chi connectivity index (χ1) is 9.35. The lowest BCUT2D eigenvalue weighted by Crippen LogP contribution is -2.46. The number of nitro groups is 1. The summed E-state index contributed by atoms with van der Waals surface area (Å²) in [6.45, 7) is 3.31. The van der Waals surface area contributed by atoms with Crippen LogP contribution in [-0.4, -0.2) is 39.7 Å². The predicted molar refractivity (Wildman–Crippen MR) is 67.7 cm³/mol. The normalized spacial score (nSPS) is 12.0. The summed E-state index contributed by atoms with van der Waals surface area (Å²) in [6, 6.07) is 0.422. The van der Waals surface area contributed by atoms with Crippen LogP contribution in [0.4, 0.5) is 5.82 Å². The predicted octanol–water partition coefficient (Wildman–Crippen LogP) is 0.105. The highest BCUT2D eigenvalue weighted by Crippen LogP contribution is 2.06. The Morgan fingerprint density at radius 2 is 2.20 bits per heavy atom. The van der Waals surface area contributed by atoms with Gasteiger partial charge in [0.1, 0.15) is 12.6 Å². The zero-order valence-corrected chi connectivity index (χ0v) is 11.4. The van der Waals surface area contributed by atoms with Gasteiger partial charge in [-0.25, -0.2) is 4.79 Å². The molecule has 0 saturated heterocycles. The molecule has 1 unspecified atom stereocenters. The van der Waals surface area contributed by atoms with Crippen LogP contribution in [0.3, 0.4) is 0 Å². The number of amides is 1. The van der Waals surface area contributed by atoms with Crippen LogP contribution in [0, 0.1) is 16.0 Å². The quantitative estimate of drug-likeness (QED) is 0.450. The van der Waals surface area contributed by atoms with Gasteiger partial charge < -0.3 is 20.2 Å². The van der Waals surface area contributed by atoms with Gasteiger partial charge in [0.2, 0.25) is 5.91 Å².